The van der Waals surface area contributed by atoms with Crippen LogP contribution in [0.4, 0.5) is 13.2 Å². The number of thiazole rings is 1. The maximum atomic E-state index is 11.8. The molecule has 0 atom stereocenters. The fraction of sp³-hybridized carbons (Fsp3) is 0.250. The molecule has 0 aromatic carbocycles. The SMILES string of the molecule is FC(F)(F)c1ncsc1S. The predicted octanol–water partition coefficient (Wildman–Crippen LogP) is 2.45. The molecule has 0 radical (unpaired) electrons. The molecule has 6 heteroatoms. The summed E-state index contributed by atoms with van der Waals surface area (Å²) in [5, 5.41) is 0. The molecule has 0 bridgehead atoms. The predicted molar refractivity (Wildman–Crippen MR) is 34.4 cm³/mol. The van der Waals surface area contributed by atoms with Crippen molar-refractivity contribution in [1.29, 1.82) is 0 Å². The van der Waals surface area contributed by atoms with E-state index >= 15 is 0 Å². The van der Waals surface area contributed by atoms with E-state index in [1.807, 2.05) is 0 Å². The summed E-state index contributed by atoms with van der Waals surface area (Å²) in [6.45, 7) is 0. The maximum absolute atomic E-state index is 11.8. The molecule has 56 valence electrons. The van der Waals surface area contributed by atoms with E-state index in [1.165, 1.54) is 0 Å². The Kier molecular flexibility index (Phi) is 1.91. The van der Waals surface area contributed by atoms with Crippen molar-refractivity contribution in [2.75, 3.05) is 0 Å². The second-order valence-electron chi connectivity index (χ2n) is 1.50. The summed E-state index contributed by atoms with van der Waals surface area (Å²) in [4.78, 5) is 3.10. The summed E-state index contributed by atoms with van der Waals surface area (Å²) < 4.78 is 35.2. The van der Waals surface area contributed by atoms with Crippen LogP contribution in [0.15, 0.2) is 9.72 Å². The van der Waals surface area contributed by atoms with Gasteiger partial charge in [-0.15, -0.1) is 24.0 Å². The topological polar surface area (TPSA) is 12.9 Å². The van der Waals surface area contributed by atoms with Crippen molar-refractivity contribution < 1.29 is 13.2 Å². The number of nitrogens with zero attached hydrogens (tertiary/aromatic N) is 1. The minimum Gasteiger partial charge on any atom is -0.239 e. The van der Waals surface area contributed by atoms with Crippen LogP contribution in [0.1, 0.15) is 5.69 Å². The highest BCUT2D eigenvalue weighted by molar-refractivity contribution is 7.82. The number of hydrogen-bond acceptors (Lipinski definition) is 3. The first kappa shape index (κ1) is 7.87. The highest BCUT2D eigenvalue weighted by Gasteiger charge is 2.35. The molecule has 0 aliphatic heterocycles. The van der Waals surface area contributed by atoms with E-state index in [0.717, 1.165) is 16.8 Å². The summed E-state index contributed by atoms with van der Waals surface area (Å²) >= 11 is 4.44. The van der Waals surface area contributed by atoms with Crippen molar-refractivity contribution in [2.24, 2.45) is 0 Å². The molecule has 0 amide bonds. The van der Waals surface area contributed by atoms with Gasteiger partial charge in [0.1, 0.15) is 0 Å². The Hall–Kier alpha value is -0.230. The standard InChI is InChI=1S/C4H2F3NS2/c5-4(6,7)2-3(9)10-1-8-2/h1,9H. The van der Waals surface area contributed by atoms with E-state index in [2.05, 4.69) is 17.6 Å². The molecule has 0 N–H and O–H groups in total. The van der Waals surface area contributed by atoms with Gasteiger partial charge >= 0.3 is 6.18 Å². The van der Waals surface area contributed by atoms with Gasteiger partial charge in [0.05, 0.1) is 9.72 Å². The van der Waals surface area contributed by atoms with E-state index in [9.17, 15) is 13.2 Å². The van der Waals surface area contributed by atoms with Crippen molar-refractivity contribution in [3.05, 3.63) is 11.2 Å². The van der Waals surface area contributed by atoms with Crippen molar-refractivity contribution in [2.45, 2.75) is 10.4 Å². The maximum Gasteiger partial charge on any atom is 0.435 e. The van der Waals surface area contributed by atoms with E-state index in [0.29, 0.717) is 0 Å². The molecular formula is C4H2F3NS2. The van der Waals surface area contributed by atoms with Crippen molar-refractivity contribution in [3.8, 4) is 0 Å². The van der Waals surface area contributed by atoms with Crippen molar-refractivity contribution >= 4 is 24.0 Å². The summed E-state index contributed by atoms with van der Waals surface area (Å²) in [5.74, 6) is 0. The Morgan fingerprint density at radius 1 is 1.50 bits per heavy atom. The van der Waals surface area contributed by atoms with E-state index in [-0.39, 0.29) is 4.21 Å². The number of alkyl halides is 3. The fourth-order valence-electron chi connectivity index (χ4n) is 0.434. The summed E-state index contributed by atoms with van der Waals surface area (Å²) in [6.07, 6.45) is -4.36. The number of rotatable bonds is 0. The van der Waals surface area contributed by atoms with Gasteiger partial charge in [0.15, 0.2) is 5.69 Å². The van der Waals surface area contributed by atoms with Crippen molar-refractivity contribution in [1.82, 2.24) is 4.98 Å². The van der Waals surface area contributed by atoms with Gasteiger partial charge in [-0.05, 0) is 0 Å². The monoisotopic (exact) mass is 185 g/mol. The number of halogens is 3. The number of hydrogen-bond donors (Lipinski definition) is 1. The molecule has 1 aromatic rings. The Balaban J connectivity index is 3.05. The molecule has 1 aromatic heterocycles. The Morgan fingerprint density at radius 3 is 2.30 bits per heavy atom. The smallest absolute Gasteiger partial charge is 0.239 e. The molecule has 0 saturated heterocycles. The largest absolute Gasteiger partial charge is 0.435 e. The zero-order chi connectivity index (χ0) is 7.78. The third kappa shape index (κ3) is 1.43. The van der Waals surface area contributed by atoms with Crippen LogP contribution in [-0.2, 0) is 6.18 Å². The number of aromatic nitrogens is 1. The first-order chi connectivity index (χ1) is 4.52. The first-order valence-corrected chi connectivity index (χ1v) is 3.54. The summed E-state index contributed by atoms with van der Waals surface area (Å²) in [6, 6.07) is 0. The van der Waals surface area contributed by atoms with Crippen LogP contribution in [0, 0.1) is 0 Å². The minimum atomic E-state index is -4.36. The van der Waals surface area contributed by atoms with Crippen molar-refractivity contribution in [3.63, 3.8) is 0 Å². The molecule has 0 unspecified atom stereocenters. The van der Waals surface area contributed by atoms with Gasteiger partial charge in [-0.25, -0.2) is 4.98 Å². The second-order valence-corrected chi connectivity index (χ2v) is 3.11. The molecule has 0 saturated carbocycles. The van der Waals surface area contributed by atoms with Gasteiger partial charge in [0.25, 0.3) is 0 Å². The van der Waals surface area contributed by atoms with Gasteiger partial charge in [-0.3, -0.25) is 0 Å². The van der Waals surface area contributed by atoms with Gasteiger partial charge in [0.2, 0.25) is 0 Å². The highest BCUT2D eigenvalue weighted by Crippen LogP contribution is 2.34. The first-order valence-electron chi connectivity index (χ1n) is 2.21. The third-order valence-corrected chi connectivity index (χ3v) is 1.97. The molecule has 0 spiro atoms. The zero-order valence-corrected chi connectivity index (χ0v) is 6.22. The molecule has 0 aliphatic carbocycles. The molecule has 1 rings (SSSR count). The van der Waals surface area contributed by atoms with Gasteiger partial charge in [0, 0.05) is 0 Å². The lowest BCUT2D eigenvalue weighted by Gasteiger charge is -2.00. The van der Waals surface area contributed by atoms with Crippen LogP contribution in [-0.4, -0.2) is 4.98 Å². The molecule has 0 fully saturated rings. The van der Waals surface area contributed by atoms with Crippen LogP contribution in [0.5, 0.6) is 0 Å². The van der Waals surface area contributed by atoms with Crippen LogP contribution < -0.4 is 0 Å². The lowest BCUT2D eigenvalue weighted by Crippen LogP contribution is -2.05. The van der Waals surface area contributed by atoms with Crippen LogP contribution in [0.3, 0.4) is 0 Å². The van der Waals surface area contributed by atoms with Crippen LogP contribution in [0.25, 0.3) is 0 Å². The zero-order valence-electron chi connectivity index (χ0n) is 4.51. The lowest BCUT2D eigenvalue weighted by atomic mass is 10.5. The van der Waals surface area contributed by atoms with Gasteiger partial charge < -0.3 is 0 Å². The molecule has 10 heavy (non-hydrogen) atoms. The summed E-state index contributed by atoms with van der Waals surface area (Å²) in [7, 11) is 0. The highest BCUT2D eigenvalue weighted by atomic mass is 32.2. The molecule has 1 nitrogen and oxygen atoms in total. The fourth-order valence-corrected chi connectivity index (χ4v) is 1.30. The minimum absolute atomic E-state index is 0.0903. The summed E-state index contributed by atoms with van der Waals surface area (Å²) in [5.41, 5.74) is 0.214. The second kappa shape index (κ2) is 2.43. The Labute approximate surface area is 64.3 Å². The Bertz CT molecular complexity index is 229. The third-order valence-electron chi connectivity index (χ3n) is 0.817. The van der Waals surface area contributed by atoms with Crippen LogP contribution in [0.2, 0.25) is 0 Å². The average Bonchev–Trinajstić information content (AvgIpc) is 2.11. The average molecular weight is 185 g/mol. The molecular weight excluding hydrogens is 183 g/mol. The van der Waals surface area contributed by atoms with Gasteiger partial charge in [-0.1, -0.05) is 0 Å². The number of thiol groups is 1. The quantitative estimate of drug-likeness (QED) is 0.612. The molecule has 0 aliphatic rings. The van der Waals surface area contributed by atoms with Gasteiger partial charge in [-0.2, -0.15) is 13.2 Å². The normalized spacial score (nSPS) is 12.0. The van der Waals surface area contributed by atoms with E-state index in [4.69, 9.17) is 0 Å². The molecule has 1 heterocycles. The Morgan fingerprint density at radius 2 is 2.10 bits per heavy atom. The van der Waals surface area contributed by atoms with Crippen LogP contribution >= 0.6 is 24.0 Å². The van der Waals surface area contributed by atoms with E-state index < -0.39 is 11.9 Å². The van der Waals surface area contributed by atoms with E-state index in [1.54, 1.807) is 0 Å². The lowest BCUT2D eigenvalue weighted by molar-refractivity contribution is -0.142.